The fourth-order valence-electron chi connectivity index (χ4n) is 2.54. The van der Waals surface area contributed by atoms with E-state index in [0.29, 0.717) is 11.4 Å². The average molecular weight is 324 g/mol. The minimum atomic E-state index is -0.225. The molecule has 3 rings (SSSR count). The van der Waals surface area contributed by atoms with E-state index in [1.165, 1.54) is 5.56 Å². The van der Waals surface area contributed by atoms with Gasteiger partial charge in [0, 0.05) is 12.4 Å². The number of benzene rings is 1. The van der Waals surface area contributed by atoms with Crippen LogP contribution in [-0.2, 0) is 18.3 Å². The third kappa shape index (κ3) is 3.37. The highest BCUT2D eigenvalue weighted by Crippen LogP contribution is 2.19. The number of ether oxygens (including phenoxy) is 1. The molecular weight excluding hydrogens is 304 g/mol. The third-order valence-corrected chi connectivity index (χ3v) is 3.85. The molecule has 0 saturated carbocycles. The predicted molar refractivity (Wildman–Crippen MR) is 93.2 cm³/mol. The lowest BCUT2D eigenvalue weighted by molar-refractivity contribution is -0.118. The Bertz CT molecular complexity index is 869. The molecule has 0 fully saturated rings. The van der Waals surface area contributed by atoms with Gasteiger partial charge in [-0.3, -0.25) is 9.48 Å². The fourth-order valence-corrected chi connectivity index (χ4v) is 2.54. The van der Waals surface area contributed by atoms with E-state index in [0.717, 1.165) is 23.1 Å². The lowest BCUT2D eigenvalue weighted by atomic mass is 10.2. The summed E-state index contributed by atoms with van der Waals surface area (Å²) >= 11 is 0. The maximum Gasteiger partial charge on any atom is 0.262 e. The van der Waals surface area contributed by atoms with Crippen LogP contribution < -0.4 is 10.1 Å². The minimum Gasteiger partial charge on any atom is -0.484 e. The van der Waals surface area contributed by atoms with Crippen molar-refractivity contribution in [2.24, 2.45) is 7.05 Å². The largest absolute Gasteiger partial charge is 0.484 e. The number of carbonyl (C=O) groups is 1. The van der Waals surface area contributed by atoms with E-state index < -0.39 is 0 Å². The molecule has 24 heavy (non-hydrogen) atoms. The van der Waals surface area contributed by atoms with Gasteiger partial charge in [0.2, 0.25) is 0 Å². The van der Waals surface area contributed by atoms with Crippen LogP contribution >= 0.6 is 0 Å². The second-order valence-corrected chi connectivity index (χ2v) is 5.64. The number of pyridine rings is 1. The zero-order valence-electron chi connectivity index (χ0n) is 14.0. The van der Waals surface area contributed by atoms with Gasteiger partial charge in [-0.1, -0.05) is 19.1 Å². The number of anilines is 1. The van der Waals surface area contributed by atoms with Gasteiger partial charge in [0.05, 0.1) is 17.6 Å². The van der Waals surface area contributed by atoms with E-state index in [4.69, 9.17) is 4.74 Å². The van der Waals surface area contributed by atoms with Gasteiger partial charge in [-0.15, -0.1) is 0 Å². The Kier molecular flexibility index (Phi) is 4.46. The van der Waals surface area contributed by atoms with Crippen LogP contribution in [0.2, 0.25) is 0 Å². The molecular formula is C18H20N4O2. The van der Waals surface area contributed by atoms with Crippen LogP contribution in [0.4, 0.5) is 5.69 Å². The van der Waals surface area contributed by atoms with E-state index in [2.05, 4.69) is 22.3 Å². The van der Waals surface area contributed by atoms with Crippen LogP contribution in [0.15, 0.2) is 36.5 Å². The molecule has 0 saturated heterocycles. The average Bonchev–Trinajstić information content (AvgIpc) is 2.87. The molecule has 1 aromatic carbocycles. The quantitative estimate of drug-likeness (QED) is 0.783. The Labute approximate surface area is 140 Å². The van der Waals surface area contributed by atoms with Crippen LogP contribution in [0.1, 0.15) is 18.2 Å². The summed E-state index contributed by atoms with van der Waals surface area (Å²) in [6, 6.07) is 9.61. The molecule has 3 aromatic rings. The minimum absolute atomic E-state index is 0.0461. The molecule has 2 heterocycles. The number of nitrogens with one attached hydrogen (secondary N) is 1. The SMILES string of the molecule is CCc1ccc(OCC(=O)Nc2cnc3c(c2)c(C)nn3C)cc1. The van der Waals surface area contributed by atoms with Gasteiger partial charge in [-0.2, -0.15) is 5.10 Å². The number of carbonyl (C=O) groups excluding carboxylic acids is 1. The smallest absolute Gasteiger partial charge is 0.262 e. The molecule has 0 bridgehead atoms. The number of fused-ring (bicyclic) bond motifs is 1. The van der Waals surface area contributed by atoms with E-state index in [1.54, 1.807) is 10.9 Å². The molecule has 0 radical (unpaired) electrons. The van der Waals surface area contributed by atoms with Gasteiger partial charge in [0.1, 0.15) is 5.75 Å². The molecule has 1 N–H and O–H groups in total. The normalized spacial score (nSPS) is 10.8. The molecule has 2 aromatic heterocycles. The van der Waals surface area contributed by atoms with Crippen molar-refractivity contribution < 1.29 is 9.53 Å². The van der Waals surface area contributed by atoms with Gasteiger partial charge < -0.3 is 10.1 Å². The molecule has 0 unspecified atom stereocenters. The van der Waals surface area contributed by atoms with E-state index in [-0.39, 0.29) is 12.5 Å². The maximum atomic E-state index is 12.1. The van der Waals surface area contributed by atoms with Crippen LogP contribution in [0.3, 0.4) is 0 Å². The molecule has 0 atom stereocenters. The van der Waals surface area contributed by atoms with Crippen LogP contribution in [-0.4, -0.2) is 27.3 Å². The number of hydrogen-bond acceptors (Lipinski definition) is 4. The van der Waals surface area contributed by atoms with Gasteiger partial charge in [-0.05, 0) is 37.1 Å². The molecule has 1 amide bonds. The van der Waals surface area contributed by atoms with Crippen LogP contribution in [0.5, 0.6) is 5.75 Å². The number of aryl methyl sites for hydroxylation is 3. The zero-order chi connectivity index (χ0) is 17.1. The monoisotopic (exact) mass is 324 g/mol. The molecule has 124 valence electrons. The highest BCUT2D eigenvalue weighted by molar-refractivity contribution is 5.94. The summed E-state index contributed by atoms with van der Waals surface area (Å²) in [5.74, 6) is 0.455. The van der Waals surface area contributed by atoms with E-state index in [1.807, 2.05) is 44.3 Å². The summed E-state index contributed by atoms with van der Waals surface area (Å²) in [5, 5.41) is 8.04. The lowest BCUT2D eigenvalue weighted by Crippen LogP contribution is -2.20. The fraction of sp³-hybridized carbons (Fsp3) is 0.278. The summed E-state index contributed by atoms with van der Waals surface area (Å²) in [4.78, 5) is 16.4. The molecule has 6 nitrogen and oxygen atoms in total. The summed E-state index contributed by atoms with van der Waals surface area (Å²) in [7, 11) is 1.85. The first-order valence-corrected chi connectivity index (χ1v) is 7.87. The summed E-state index contributed by atoms with van der Waals surface area (Å²) in [6.07, 6.45) is 2.60. The molecule has 0 aliphatic rings. The first kappa shape index (κ1) is 16.0. The second kappa shape index (κ2) is 6.70. The highest BCUT2D eigenvalue weighted by atomic mass is 16.5. The Hall–Kier alpha value is -2.89. The number of nitrogens with zero attached hydrogens (tertiary/aromatic N) is 3. The summed E-state index contributed by atoms with van der Waals surface area (Å²) < 4.78 is 7.23. The Balaban J connectivity index is 1.62. The van der Waals surface area contributed by atoms with Crippen molar-refractivity contribution in [1.29, 1.82) is 0 Å². The van der Waals surface area contributed by atoms with Crippen molar-refractivity contribution >= 4 is 22.6 Å². The van der Waals surface area contributed by atoms with Gasteiger partial charge in [0.25, 0.3) is 5.91 Å². The number of aromatic nitrogens is 3. The first-order chi connectivity index (χ1) is 11.6. The Morgan fingerprint density at radius 3 is 2.75 bits per heavy atom. The van der Waals surface area contributed by atoms with Crippen molar-refractivity contribution in [2.75, 3.05) is 11.9 Å². The predicted octanol–water partition coefficient (Wildman–Crippen LogP) is 2.86. The number of hydrogen-bond donors (Lipinski definition) is 1. The standard InChI is InChI=1S/C18H20N4O2/c1-4-13-5-7-15(8-6-13)24-11-17(23)20-14-9-16-12(2)21-22(3)18(16)19-10-14/h5-10H,4,11H2,1-3H3,(H,20,23). The van der Waals surface area contributed by atoms with Crippen LogP contribution in [0.25, 0.3) is 11.0 Å². The molecule has 0 aliphatic carbocycles. The van der Waals surface area contributed by atoms with Gasteiger partial charge >= 0.3 is 0 Å². The summed E-state index contributed by atoms with van der Waals surface area (Å²) in [5.41, 5.74) is 3.53. The maximum absolute atomic E-state index is 12.1. The number of rotatable bonds is 5. The van der Waals surface area contributed by atoms with E-state index in [9.17, 15) is 4.79 Å². The molecule has 0 aliphatic heterocycles. The second-order valence-electron chi connectivity index (χ2n) is 5.64. The highest BCUT2D eigenvalue weighted by Gasteiger charge is 2.09. The van der Waals surface area contributed by atoms with E-state index >= 15 is 0 Å². The Morgan fingerprint density at radius 1 is 1.29 bits per heavy atom. The van der Waals surface area contributed by atoms with Crippen molar-refractivity contribution in [2.45, 2.75) is 20.3 Å². The van der Waals surface area contributed by atoms with Crippen LogP contribution in [0, 0.1) is 6.92 Å². The first-order valence-electron chi connectivity index (χ1n) is 7.87. The third-order valence-electron chi connectivity index (χ3n) is 3.85. The van der Waals surface area contributed by atoms with Crippen molar-refractivity contribution in [3.8, 4) is 5.75 Å². The molecule has 6 heteroatoms. The van der Waals surface area contributed by atoms with Crippen molar-refractivity contribution in [1.82, 2.24) is 14.8 Å². The lowest BCUT2D eigenvalue weighted by Gasteiger charge is -2.08. The number of amides is 1. The van der Waals surface area contributed by atoms with Crippen molar-refractivity contribution in [3.63, 3.8) is 0 Å². The van der Waals surface area contributed by atoms with Gasteiger partial charge in [-0.25, -0.2) is 4.98 Å². The Morgan fingerprint density at radius 2 is 2.04 bits per heavy atom. The van der Waals surface area contributed by atoms with Gasteiger partial charge in [0.15, 0.2) is 12.3 Å². The summed E-state index contributed by atoms with van der Waals surface area (Å²) in [6.45, 7) is 3.96. The van der Waals surface area contributed by atoms with Crippen molar-refractivity contribution in [3.05, 3.63) is 47.8 Å². The topological polar surface area (TPSA) is 69.0 Å². The zero-order valence-corrected chi connectivity index (χ0v) is 14.0. The molecule has 0 spiro atoms.